The second-order valence-electron chi connectivity index (χ2n) is 9.07. The van der Waals surface area contributed by atoms with E-state index in [9.17, 15) is 20.1 Å². The van der Waals surface area contributed by atoms with Crippen LogP contribution in [0.4, 0.5) is 0 Å². The molecule has 35 heavy (non-hydrogen) atoms. The summed E-state index contributed by atoms with van der Waals surface area (Å²) in [6.45, 7) is 3.45. The topological polar surface area (TPSA) is 133 Å². The fourth-order valence-corrected chi connectivity index (χ4v) is 4.13. The van der Waals surface area contributed by atoms with E-state index in [-0.39, 0.29) is 38.4 Å². The highest BCUT2D eigenvalue weighted by atomic mass is 35.5. The molecule has 9 heteroatoms. The Morgan fingerprint density at radius 1 is 0.914 bits per heavy atom. The fourth-order valence-electron chi connectivity index (χ4n) is 3.93. The zero-order valence-electron chi connectivity index (χ0n) is 20.2. The van der Waals surface area contributed by atoms with Gasteiger partial charge in [-0.2, -0.15) is 0 Å². The van der Waals surface area contributed by atoms with Crippen LogP contribution in [0.3, 0.4) is 0 Å². The Balaban J connectivity index is 1.92. The average Bonchev–Trinajstić information content (AvgIpc) is 2.83. The molecule has 1 amide bonds. The molecular formula is C26H37ClN2O6. The summed E-state index contributed by atoms with van der Waals surface area (Å²) in [7, 11) is 0. The second-order valence-corrected chi connectivity index (χ2v) is 9.50. The first-order valence-corrected chi connectivity index (χ1v) is 12.1. The maximum atomic E-state index is 12.4. The normalized spacial score (nSPS) is 15.9. The number of carbonyl (C=O) groups excluding carboxylic acids is 1. The van der Waals surface area contributed by atoms with Gasteiger partial charge in [-0.15, -0.1) is 0 Å². The van der Waals surface area contributed by atoms with Crippen molar-refractivity contribution in [2.24, 2.45) is 0 Å². The van der Waals surface area contributed by atoms with Crippen LogP contribution in [-0.2, 0) is 17.6 Å². The zero-order chi connectivity index (χ0) is 26.0. The van der Waals surface area contributed by atoms with E-state index in [0.717, 1.165) is 11.1 Å². The third-order valence-corrected chi connectivity index (χ3v) is 6.07. The van der Waals surface area contributed by atoms with Gasteiger partial charge in [-0.1, -0.05) is 48.0 Å². The Morgan fingerprint density at radius 2 is 1.46 bits per heavy atom. The van der Waals surface area contributed by atoms with Gasteiger partial charge in [0, 0.05) is 30.2 Å². The first kappa shape index (κ1) is 29.2. The van der Waals surface area contributed by atoms with Gasteiger partial charge >= 0.3 is 0 Å². The lowest BCUT2D eigenvalue weighted by Gasteiger charge is -2.32. The summed E-state index contributed by atoms with van der Waals surface area (Å²) in [5, 5.41) is 51.6. The van der Waals surface area contributed by atoms with Crippen LogP contribution in [0, 0.1) is 0 Å². The molecule has 0 aliphatic rings. The van der Waals surface area contributed by atoms with Gasteiger partial charge in [-0.25, -0.2) is 0 Å². The van der Waals surface area contributed by atoms with E-state index in [0.29, 0.717) is 23.4 Å². The molecule has 0 aliphatic heterocycles. The molecule has 5 atom stereocenters. The van der Waals surface area contributed by atoms with Crippen molar-refractivity contribution in [2.45, 2.75) is 57.1 Å². The molecule has 0 saturated heterocycles. The number of hydrogen-bond donors (Lipinski definition) is 6. The molecule has 194 valence electrons. The van der Waals surface area contributed by atoms with Gasteiger partial charge < -0.3 is 30.8 Å². The molecule has 0 fully saturated rings. The smallest absolute Gasteiger partial charge is 0.253 e. The minimum Gasteiger partial charge on any atom is -0.394 e. The summed E-state index contributed by atoms with van der Waals surface area (Å²) in [4.78, 5) is 14.3. The van der Waals surface area contributed by atoms with Crippen LogP contribution in [0.1, 0.15) is 36.6 Å². The van der Waals surface area contributed by atoms with Crippen molar-refractivity contribution in [1.29, 1.82) is 0 Å². The number of aliphatic hydroxyl groups excluding tert-OH is 5. The first-order valence-electron chi connectivity index (χ1n) is 11.8. The quantitative estimate of drug-likeness (QED) is 0.225. The van der Waals surface area contributed by atoms with Crippen LogP contribution in [0.2, 0.25) is 5.02 Å². The minimum absolute atomic E-state index is 0.0468. The lowest BCUT2D eigenvalue weighted by Crippen LogP contribution is -2.45. The summed E-state index contributed by atoms with van der Waals surface area (Å²) in [5.41, 5.74) is 2.51. The zero-order valence-corrected chi connectivity index (χ0v) is 21.0. The molecule has 5 unspecified atom stereocenters. The number of benzene rings is 2. The van der Waals surface area contributed by atoms with Crippen LogP contribution in [0.5, 0.6) is 0 Å². The van der Waals surface area contributed by atoms with E-state index < -0.39 is 24.2 Å². The largest absolute Gasteiger partial charge is 0.394 e. The molecule has 0 heterocycles. The Morgan fingerprint density at radius 3 is 1.97 bits per heavy atom. The van der Waals surface area contributed by atoms with Crippen LogP contribution in [-0.4, -0.2) is 86.9 Å². The van der Waals surface area contributed by atoms with E-state index in [1.165, 1.54) is 0 Å². The average molecular weight is 509 g/mol. The number of halogens is 1. The van der Waals surface area contributed by atoms with Gasteiger partial charge in [0.2, 0.25) is 0 Å². The highest BCUT2D eigenvalue weighted by Gasteiger charge is 2.21. The lowest BCUT2D eigenvalue weighted by atomic mass is 10.0. The standard InChI is InChI=1S/C26H37ClN2O6/c1-17(28-26(35)25(34)21-4-3-5-22(27)12-21)10-19-6-8-20(9-7-19)11-18(2)29(13-23(32)15-30)14-24(33)16-31/h3-9,12,17-18,23-25,30-34H,10-11,13-16H2,1-2H3,(H,28,35). The third kappa shape index (κ3) is 9.85. The predicted molar refractivity (Wildman–Crippen MR) is 135 cm³/mol. The van der Waals surface area contributed by atoms with Crippen molar-refractivity contribution in [3.8, 4) is 0 Å². The van der Waals surface area contributed by atoms with E-state index in [4.69, 9.17) is 21.8 Å². The minimum atomic E-state index is -1.29. The van der Waals surface area contributed by atoms with Crippen LogP contribution < -0.4 is 5.32 Å². The Bertz CT molecular complexity index is 901. The summed E-state index contributed by atoms with van der Waals surface area (Å²) < 4.78 is 0. The number of amides is 1. The molecule has 0 bridgehead atoms. The van der Waals surface area contributed by atoms with Crippen molar-refractivity contribution in [1.82, 2.24) is 10.2 Å². The highest BCUT2D eigenvalue weighted by molar-refractivity contribution is 6.30. The molecule has 0 aliphatic carbocycles. The molecule has 6 N–H and O–H groups in total. The Kier molecular flexibility index (Phi) is 12.1. The Labute approximate surface area is 211 Å². The SMILES string of the molecule is CC(Cc1ccc(CC(C)N(CC(O)CO)CC(O)CO)cc1)NC(=O)C(O)c1cccc(Cl)c1. The van der Waals surface area contributed by atoms with Gasteiger partial charge in [-0.05, 0) is 55.5 Å². The van der Waals surface area contributed by atoms with Crippen molar-refractivity contribution >= 4 is 17.5 Å². The van der Waals surface area contributed by atoms with Gasteiger partial charge in [0.15, 0.2) is 6.10 Å². The molecule has 2 aromatic rings. The van der Waals surface area contributed by atoms with Gasteiger partial charge in [0.25, 0.3) is 5.91 Å². The number of rotatable bonds is 14. The molecule has 0 saturated carbocycles. The summed E-state index contributed by atoms with van der Waals surface area (Å²) in [6.07, 6.45) is -1.92. The molecule has 2 aromatic carbocycles. The van der Waals surface area contributed by atoms with Crippen LogP contribution in [0.15, 0.2) is 48.5 Å². The number of carbonyl (C=O) groups is 1. The maximum Gasteiger partial charge on any atom is 0.253 e. The molecular weight excluding hydrogens is 472 g/mol. The van der Waals surface area contributed by atoms with E-state index in [2.05, 4.69) is 5.32 Å². The van der Waals surface area contributed by atoms with Gasteiger partial charge in [0.1, 0.15) is 0 Å². The summed E-state index contributed by atoms with van der Waals surface area (Å²) in [5.74, 6) is -0.486. The van der Waals surface area contributed by atoms with Crippen molar-refractivity contribution in [2.75, 3.05) is 26.3 Å². The summed E-state index contributed by atoms with van der Waals surface area (Å²) >= 11 is 5.94. The Hall–Kier alpha value is -2.04. The molecule has 0 aromatic heterocycles. The predicted octanol–water partition coefficient (Wildman–Crippen LogP) is 1.06. The van der Waals surface area contributed by atoms with Crippen molar-refractivity contribution in [3.63, 3.8) is 0 Å². The number of nitrogens with one attached hydrogen (secondary N) is 1. The maximum absolute atomic E-state index is 12.4. The molecule has 0 spiro atoms. The van der Waals surface area contributed by atoms with Crippen molar-refractivity contribution in [3.05, 3.63) is 70.2 Å². The highest BCUT2D eigenvalue weighted by Crippen LogP contribution is 2.18. The van der Waals surface area contributed by atoms with E-state index >= 15 is 0 Å². The summed E-state index contributed by atoms with van der Waals surface area (Å²) in [6, 6.07) is 14.3. The third-order valence-electron chi connectivity index (χ3n) is 5.83. The second kappa shape index (κ2) is 14.5. The molecule has 0 radical (unpaired) electrons. The molecule has 8 nitrogen and oxygen atoms in total. The van der Waals surface area contributed by atoms with Gasteiger partial charge in [-0.3, -0.25) is 9.69 Å². The van der Waals surface area contributed by atoms with Crippen LogP contribution in [0.25, 0.3) is 0 Å². The molecule has 2 rings (SSSR count). The fraction of sp³-hybridized carbons (Fsp3) is 0.500. The number of aliphatic hydroxyl groups is 5. The number of nitrogens with zero attached hydrogens (tertiary/aromatic N) is 1. The van der Waals surface area contributed by atoms with Gasteiger partial charge in [0.05, 0.1) is 25.4 Å². The van der Waals surface area contributed by atoms with Crippen LogP contribution >= 0.6 is 11.6 Å². The van der Waals surface area contributed by atoms with Crippen molar-refractivity contribution < 1.29 is 30.3 Å². The number of hydrogen-bond acceptors (Lipinski definition) is 7. The van der Waals surface area contributed by atoms with E-state index in [1.807, 2.05) is 43.0 Å². The lowest BCUT2D eigenvalue weighted by molar-refractivity contribution is -0.130. The van der Waals surface area contributed by atoms with E-state index in [1.54, 1.807) is 24.3 Å². The monoisotopic (exact) mass is 508 g/mol. The first-order chi connectivity index (χ1) is 16.6.